The van der Waals surface area contributed by atoms with Crippen LogP contribution in [-0.2, 0) is 35.0 Å². The van der Waals surface area contributed by atoms with E-state index in [-0.39, 0.29) is 11.4 Å². The van der Waals surface area contributed by atoms with Crippen molar-refractivity contribution >= 4 is 22.7 Å². The molecule has 5 rings (SSSR count). The highest BCUT2D eigenvalue weighted by Crippen LogP contribution is 2.35. The van der Waals surface area contributed by atoms with Crippen LogP contribution in [0.1, 0.15) is 23.1 Å². The van der Waals surface area contributed by atoms with Gasteiger partial charge < -0.3 is 10.6 Å². The molecule has 0 radical (unpaired) electrons. The highest BCUT2D eigenvalue weighted by Gasteiger charge is 2.50. The predicted molar refractivity (Wildman–Crippen MR) is 151 cm³/mol. The van der Waals surface area contributed by atoms with E-state index < -0.39 is 59.4 Å². The Bertz CT molecular complexity index is 1640. The second-order valence-electron chi connectivity index (χ2n) is 10.1. The smallest absolute Gasteiger partial charge is 0.366 e. The van der Waals surface area contributed by atoms with E-state index in [9.17, 15) is 35.3 Å². The van der Waals surface area contributed by atoms with Crippen LogP contribution in [0.15, 0.2) is 90.1 Å². The fourth-order valence-corrected chi connectivity index (χ4v) is 5.98. The Hall–Kier alpha value is -4.30. The lowest BCUT2D eigenvalue weighted by Crippen LogP contribution is -2.43. The predicted octanol–water partition coefficient (Wildman–Crippen LogP) is 5.96. The average Bonchev–Trinajstić information content (AvgIpc) is 3.34. The summed E-state index contributed by atoms with van der Waals surface area (Å²) in [6.07, 6.45) is -2.15. The molecule has 2 aromatic carbocycles. The van der Waals surface area contributed by atoms with Gasteiger partial charge in [-0.15, -0.1) is 0 Å². The van der Waals surface area contributed by atoms with E-state index >= 15 is 0 Å². The van der Waals surface area contributed by atoms with Gasteiger partial charge in [-0.25, -0.2) is 26.7 Å². The number of hydrogen-bond acceptors (Lipinski definition) is 5. The van der Waals surface area contributed by atoms with Crippen molar-refractivity contribution in [2.45, 2.75) is 42.5 Å². The molecule has 1 amide bonds. The lowest BCUT2D eigenvalue weighted by molar-refractivity contribution is -0.137. The molecule has 14 heteroatoms. The molecule has 0 aliphatic carbocycles. The third kappa shape index (κ3) is 7.61. The van der Waals surface area contributed by atoms with E-state index in [1.54, 1.807) is 36.7 Å². The summed E-state index contributed by atoms with van der Waals surface area (Å²) in [6, 6.07) is 14.3. The van der Waals surface area contributed by atoms with Gasteiger partial charge in [0.15, 0.2) is 0 Å². The number of carbonyl (C=O) groups is 1. The first kappa shape index (κ1) is 31.1. The summed E-state index contributed by atoms with van der Waals surface area (Å²) in [4.78, 5) is 21.7. The molecule has 44 heavy (non-hydrogen) atoms. The Labute approximate surface area is 250 Å². The van der Waals surface area contributed by atoms with Crippen molar-refractivity contribution in [2.75, 3.05) is 11.9 Å². The third-order valence-corrected chi connectivity index (χ3v) is 8.33. The number of carbonyl (C=O) groups excluding carboxylic acids is 1. The molecule has 1 fully saturated rings. The van der Waals surface area contributed by atoms with Crippen LogP contribution in [0, 0.1) is 5.82 Å². The maximum atomic E-state index is 14.4. The number of nitrogens with zero attached hydrogens (tertiary/aromatic N) is 3. The van der Waals surface area contributed by atoms with E-state index in [4.69, 9.17) is 0 Å². The van der Waals surface area contributed by atoms with Crippen LogP contribution in [-0.4, -0.2) is 42.9 Å². The summed E-state index contributed by atoms with van der Waals surface area (Å²) in [5.41, 5.74) is 1.24. The van der Waals surface area contributed by atoms with E-state index in [1.165, 1.54) is 24.3 Å². The van der Waals surface area contributed by atoms with Crippen molar-refractivity contribution in [2.24, 2.45) is 0 Å². The minimum atomic E-state index is -4.51. The number of rotatable bonds is 9. The quantitative estimate of drug-likeness (QED) is 0.222. The maximum absolute atomic E-state index is 14.4. The number of benzene rings is 2. The second-order valence-corrected chi connectivity index (χ2v) is 11.5. The first-order valence-corrected chi connectivity index (χ1v) is 14.4. The molecule has 7 nitrogen and oxygen atoms in total. The van der Waals surface area contributed by atoms with Gasteiger partial charge in [0.25, 0.3) is 5.92 Å². The summed E-state index contributed by atoms with van der Waals surface area (Å²) in [7, 11) is -2.15. The number of halogens is 6. The van der Waals surface area contributed by atoms with Gasteiger partial charge in [0.1, 0.15) is 28.7 Å². The lowest BCUT2D eigenvalue weighted by Gasteiger charge is -2.22. The fourth-order valence-electron chi connectivity index (χ4n) is 4.63. The zero-order valence-electron chi connectivity index (χ0n) is 22.8. The molecule has 230 valence electrons. The molecule has 0 bridgehead atoms. The molecule has 0 saturated carbocycles. The normalized spacial score (nSPS) is 17.3. The van der Waals surface area contributed by atoms with Gasteiger partial charge in [-0.05, 0) is 71.8 Å². The summed E-state index contributed by atoms with van der Waals surface area (Å²) in [5.74, 6) is -4.31. The van der Waals surface area contributed by atoms with Crippen LogP contribution in [0.2, 0.25) is 0 Å². The van der Waals surface area contributed by atoms with Crippen molar-refractivity contribution in [3.63, 3.8) is 0 Å². The van der Waals surface area contributed by atoms with E-state index in [2.05, 4.69) is 20.6 Å². The van der Waals surface area contributed by atoms with Crippen LogP contribution in [0.25, 0.3) is 11.3 Å². The van der Waals surface area contributed by atoms with Crippen molar-refractivity contribution in [1.29, 1.82) is 0 Å². The first-order chi connectivity index (χ1) is 20.9. The summed E-state index contributed by atoms with van der Waals surface area (Å²) >= 11 is 0. The first-order valence-electron chi connectivity index (χ1n) is 13.3. The zero-order chi connectivity index (χ0) is 31.5. The number of alkyl halides is 5. The highest BCUT2D eigenvalue weighted by atomic mass is 32.2. The van der Waals surface area contributed by atoms with Gasteiger partial charge in [0, 0.05) is 37.5 Å². The van der Waals surface area contributed by atoms with Crippen molar-refractivity contribution in [1.82, 2.24) is 19.6 Å². The SMILES string of the molecule is O=C(NCc1cc(NCc2ccncc2)nc(-c2ccc(C(F)(F)F)cc2)c1)[C@@H]1CC(F)(F)CN1S(=O)c1ccc(F)cc1. The topological polar surface area (TPSA) is 87.2 Å². The summed E-state index contributed by atoms with van der Waals surface area (Å²) < 4.78 is 95.4. The van der Waals surface area contributed by atoms with Gasteiger partial charge in [-0.1, -0.05) is 12.1 Å². The molecule has 1 aliphatic rings. The van der Waals surface area contributed by atoms with Crippen LogP contribution >= 0.6 is 0 Å². The number of hydrogen-bond donors (Lipinski definition) is 2. The lowest BCUT2D eigenvalue weighted by atomic mass is 10.1. The molecule has 2 aromatic heterocycles. The van der Waals surface area contributed by atoms with E-state index in [1.807, 2.05) is 0 Å². The maximum Gasteiger partial charge on any atom is 0.416 e. The number of amides is 1. The van der Waals surface area contributed by atoms with Gasteiger partial charge >= 0.3 is 6.18 Å². The number of aromatic nitrogens is 2. The van der Waals surface area contributed by atoms with Gasteiger partial charge in [-0.2, -0.15) is 13.2 Å². The van der Waals surface area contributed by atoms with Gasteiger partial charge in [-0.3, -0.25) is 9.78 Å². The number of pyridine rings is 2. The number of nitrogens with one attached hydrogen (secondary N) is 2. The Morgan fingerprint density at radius 3 is 2.30 bits per heavy atom. The third-order valence-electron chi connectivity index (χ3n) is 6.84. The Morgan fingerprint density at radius 2 is 1.64 bits per heavy atom. The van der Waals surface area contributed by atoms with Crippen molar-refractivity contribution in [3.8, 4) is 11.3 Å². The molecular weight excluding hydrogens is 608 g/mol. The van der Waals surface area contributed by atoms with E-state index in [0.717, 1.165) is 34.1 Å². The Kier molecular flexibility index (Phi) is 9.02. The minimum absolute atomic E-state index is 0.0714. The molecule has 1 aliphatic heterocycles. The number of anilines is 1. The standard InChI is InChI=1S/C30H25F6N5O2S/c31-23-5-7-24(8-6-23)44(43)41-18-29(32,33)15-26(41)28(42)39-17-20-13-25(21-1-3-22(4-2-21)30(34,35)36)40-27(14-20)38-16-19-9-11-37-12-10-19/h1-14,26H,15-18H2,(H,38,40)(H,39,42)/t26-,44?/m0/s1. The molecule has 2 N–H and O–H groups in total. The molecule has 1 saturated heterocycles. The van der Waals surface area contributed by atoms with Crippen LogP contribution in [0.5, 0.6) is 0 Å². The minimum Gasteiger partial charge on any atom is -0.366 e. The molecule has 3 heterocycles. The Morgan fingerprint density at radius 1 is 0.955 bits per heavy atom. The van der Waals surface area contributed by atoms with Crippen LogP contribution in [0.4, 0.5) is 32.2 Å². The van der Waals surface area contributed by atoms with Crippen molar-refractivity contribution < 1.29 is 35.3 Å². The zero-order valence-corrected chi connectivity index (χ0v) is 23.6. The van der Waals surface area contributed by atoms with E-state index in [0.29, 0.717) is 29.2 Å². The monoisotopic (exact) mass is 633 g/mol. The second kappa shape index (κ2) is 12.7. The molecule has 0 spiro atoms. The Balaban J connectivity index is 1.36. The van der Waals surface area contributed by atoms with Gasteiger partial charge in [0.05, 0.1) is 22.7 Å². The average molecular weight is 634 g/mol. The summed E-state index contributed by atoms with van der Waals surface area (Å²) in [5, 5.41) is 5.75. The molecule has 2 atom stereocenters. The largest absolute Gasteiger partial charge is 0.416 e. The molecular formula is C30H25F6N5O2S. The fraction of sp³-hybridized carbons (Fsp3) is 0.233. The van der Waals surface area contributed by atoms with Gasteiger partial charge in [0.2, 0.25) is 5.91 Å². The summed E-state index contributed by atoms with van der Waals surface area (Å²) in [6.45, 7) is -0.720. The van der Waals surface area contributed by atoms with Crippen molar-refractivity contribution in [3.05, 3.63) is 108 Å². The van der Waals surface area contributed by atoms with Crippen LogP contribution in [0.3, 0.4) is 0 Å². The van der Waals surface area contributed by atoms with Crippen LogP contribution < -0.4 is 10.6 Å². The molecule has 1 unspecified atom stereocenters. The molecule has 4 aromatic rings. The highest BCUT2D eigenvalue weighted by molar-refractivity contribution is 7.82.